The standard InChI is InChI=1S/C28H25ClF6N2O3/c1-3-37(26(39)36-15-17-4-7-23(29)8-5-17)16-20-14-21(27(30,31)32)6-9-24(20)19-10-18(12-25(38)40-2)11-22(13-19)28(33,34)35/h4-11,13-14H,3,12,15-16H2,1-2H3,(H,36,39). The minimum atomic E-state index is -4.79. The predicted molar refractivity (Wildman–Crippen MR) is 137 cm³/mol. The van der Waals surface area contributed by atoms with Crippen LogP contribution in [0.3, 0.4) is 0 Å². The Morgan fingerprint density at radius 1 is 0.875 bits per heavy atom. The maximum atomic E-state index is 13.7. The van der Waals surface area contributed by atoms with E-state index in [9.17, 15) is 35.9 Å². The Balaban J connectivity index is 2.02. The lowest BCUT2D eigenvalue weighted by Gasteiger charge is -2.24. The van der Waals surface area contributed by atoms with Crippen LogP contribution in [0.25, 0.3) is 11.1 Å². The highest BCUT2D eigenvalue weighted by molar-refractivity contribution is 6.30. The lowest BCUT2D eigenvalue weighted by Crippen LogP contribution is -2.39. The number of benzene rings is 3. The first kappa shape index (κ1) is 30.8. The third kappa shape index (κ3) is 8.14. The molecule has 0 fully saturated rings. The quantitative estimate of drug-likeness (QED) is 0.220. The van der Waals surface area contributed by atoms with Crippen molar-refractivity contribution < 1.29 is 40.7 Å². The number of nitrogens with one attached hydrogen (secondary N) is 1. The zero-order valence-corrected chi connectivity index (χ0v) is 22.2. The van der Waals surface area contributed by atoms with Crippen LogP contribution in [0.15, 0.2) is 60.7 Å². The second-order valence-corrected chi connectivity index (χ2v) is 9.27. The fraction of sp³-hybridized carbons (Fsp3) is 0.286. The zero-order valence-electron chi connectivity index (χ0n) is 21.4. The van der Waals surface area contributed by atoms with Crippen LogP contribution in [-0.2, 0) is 41.4 Å². The van der Waals surface area contributed by atoms with Crippen molar-refractivity contribution in [3.8, 4) is 11.1 Å². The van der Waals surface area contributed by atoms with Crippen molar-refractivity contribution in [2.75, 3.05) is 13.7 Å². The molecule has 0 heterocycles. The fourth-order valence-corrected chi connectivity index (χ4v) is 4.09. The van der Waals surface area contributed by atoms with Gasteiger partial charge < -0.3 is 15.0 Å². The molecule has 2 amide bonds. The number of esters is 1. The van der Waals surface area contributed by atoms with E-state index in [-0.39, 0.29) is 41.9 Å². The number of ether oxygens (including phenoxy) is 1. The molecule has 0 aromatic heterocycles. The van der Waals surface area contributed by atoms with Crippen molar-refractivity contribution in [3.05, 3.63) is 93.5 Å². The normalized spacial score (nSPS) is 11.7. The van der Waals surface area contributed by atoms with Crippen molar-refractivity contribution >= 4 is 23.6 Å². The molecule has 0 saturated carbocycles. The SMILES string of the molecule is CCN(Cc1cc(C(F)(F)F)ccc1-c1cc(CC(=O)OC)cc(C(F)(F)F)c1)C(=O)NCc1ccc(Cl)cc1. The van der Waals surface area contributed by atoms with Crippen molar-refractivity contribution in [2.45, 2.75) is 38.8 Å². The summed E-state index contributed by atoms with van der Waals surface area (Å²) >= 11 is 5.86. The number of halogens is 7. The summed E-state index contributed by atoms with van der Waals surface area (Å²) in [6.07, 6.45) is -9.99. The fourth-order valence-electron chi connectivity index (χ4n) is 3.96. The van der Waals surface area contributed by atoms with Gasteiger partial charge in [-0.25, -0.2) is 4.79 Å². The average Bonchev–Trinajstić information content (AvgIpc) is 2.89. The maximum Gasteiger partial charge on any atom is 0.416 e. The summed E-state index contributed by atoms with van der Waals surface area (Å²) in [7, 11) is 1.09. The molecule has 0 spiro atoms. The van der Waals surface area contributed by atoms with Crippen LogP contribution in [0.4, 0.5) is 31.1 Å². The minimum Gasteiger partial charge on any atom is -0.469 e. The van der Waals surface area contributed by atoms with Crippen LogP contribution < -0.4 is 5.32 Å². The third-order valence-corrected chi connectivity index (χ3v) is 6.28. The van der Waals surface area contributed by atoms with Gasteiger partial charge in [-0.2, -0.15) is 26.3 Å². The second kappa shape index (κ2) is 12.6. The van der Waals surface area contributed by atoms with Gasteiger partial charge in [0.15, 0.2) is 0 Å². The largest absolute Gasteiger partial charge is 0.469 e. The summed E-state index contributed by atoms with van der Waals surface area (Å²) in [4.78, 5) is 25.9. The number of urea groups is 1. The van der Waals surface area contributed by atoms with Crippen molar-refractivity contribution in [1.82, 2.24) is 10.2 Å². The van der Waals surface area contributed by atoms with Crippen molar-refractivity contribution in [1.29, 1.82) is 0 Å². The summed E-state index contributed by atoms with van der Waals surface area (Å²) in [5.74, 6) is -0.785. The Hall–Kier alpha value is -3.73. The number of hydrogen-bond acceptors (Lipinski definition) is 3. The van der Waals surface area contributed by atoms with Crippen molar-refractivity contribution in [2.24, 2.45) is 0 Å². The van der Waals surface area contributed by atoms with Crippen LogP contribution in [0.1, 0.15) is 34.7 Å². The summed E-state index contributed by atoms with van der Waals surface area (Å²) < 4.78 is 86.4. The van der Waals surface area contributed by atoms with Gasteiger partial charge in [-0.1, -0.05) is 35.9 Å². The Kier molecular flexibility index (Phi) is 9.73. The first-order chi connectivity index (χ1) is 18.7. The molecule has 0 bridgehead atoms. The molecule has 0 unspecified atom stereocenters. The molecule has 1 N–H and O–H groups in total. The molecule has 0 aliphatic heterocycles. The maximum absolute atomic E-state index is 13.7. The Bertz CT molecular complexity index is 1360. The number of amides is 2. The molecule has 214 valence electrons. The van der Waals surface area contributed by atoms with Crippen molar-refractivity contribution in [3.63, 3.8) is 0 Å². The van der Waals surface area contributed by atoms with E-state index in [1.807, 2.05) is 0 Å². The van der Waals surface area contributed by atoms with Gasteiger partial charge in [0.2, 0.25) is 0 Å². The number of nitrogens with zero attached hydrogens (tertiary/aromatic N) is 1. The van der Waals surface area contributed by atoms with Gasteiger partial charge in [0.1, 0.15) is 0 Å². The summed E-state index contributed by atoms with van der Waals surface area (Å²) in [5, 5.41) is 3.19. The highest BCUT2D eigenvalue weighted by Crippen LogP contribution is 2.37. The van der Waals surface area contributed by atoms with Crippen LogP contribution in [0, 0.1) is 0 Å². The molecule has 40 heavy (non-hydrogen) atoms. The molecule has 12 heteroatoms. The van der Waals surface area contributed by atoms with Gasteiger partial charge in [0.05, 0.1) is 24.7 Å². The lowest BCUT2D eigenvalue weighted by molar-refractivity contribution is -0.140. The van der Waals surface area contributed by atoms with Gasteiger partial charge in [-0.15, -0.1) is 0 Å². The molecular formula is C28H25ClF6N2O3. The van der Waals surface area contributed by atoms with Gasteiger partial charge in [0.25, 0.3) is 0 Å². The van der Waals surface area contributed by atoms with Gasteiger partial charge >= 0.3 is 24.4 Å². The molecule has 5 nitrogen and oxygen atoms in total. The van der Waals surface area contributed by atoms with Gasteiger partial charge in [-0.05, 0) is 71.1 Å². The van der Waals surface area contributed by atoms with E-state index in [4.69, 9.17) is 11.6 Å². The summed E-state index contributed by atoms with van der Waals surface area (Å²) in [5.41, 5.74) is -1.44. The third-order valence-electron chi connectivity index (χ3n) is 6.03. The van der Waals surface area contributed by atoms with E-state index < -0.39 is 41.9 Å². The number of hydrogen-bond donors (Lipinski definition) is 1. The lowest BCUT2D eigenvalue weighted by atomic mass is 9.93. The van der Waals surface area contributed by atoms with E-state index in [1.54, 1.807) is 31.2 Å². The van der Waals surface area contributed by atoms with Gasteiger partial charge in [-0.3, -0.25) is 4.79 Å². The van der Waals surface area contributed by atoms with E-state index >= 15 is 0 Å². The average molecular weight is 587 g/mol. The highest BCUT2D eigenvalue weighted by Gasteiger charge is 2.33. The van der Waals surface area contributed by atoms with Crippen LogP contribution in [-0.4, -0.2) is 30.6 Å². The monoisotopic (exact) mass is 586 g/mol. The van der Waals surface area contributed by atoms with Crippen LogP contribution in [0.2, 0.25) is 5.02 Å². The number of carbonyl (C=O) groups excluding carboxylic acids is 2. The Morgan fingerprint density at radius 2 is 1.52 bits per heavy atom. The first-order valence-electron chi connectivity index (χ1n) is 12.0. The van der Waals surface area contributed by atoms with E-state index in [2.05, 4.69) is 10.1 Å². The highest BCUT2D eigenvalue weighted by atomic mass is 35.5. The number of rotatable bonds is 8. The number of carbonyl (C=O) groups is 2. The minimum absolute atomic E-state index is 0.0262. The summed E-state index contributed by atoms with van der Waals surface area (Å²) in [6.45, 7) is 1.50. The zero-order chi connectivity index (χ0) is 29.7. The van der Waals surface area contributed by atoms with Crippen LogP contribution in [0.5, 0.6) is 0 Å². The molecule has 3 aromatic carbocycles. The Labute approximate surface area is 231 Å². The molecule has 0 radical (unpaired) electrons. The predicted octanol–water partition coefficient (Wildman–Crippen LogP) is 7.49. The topological polar surface area (TPSA) is 58.6 Å². The molecule has 0 saturated heterocycles. The Morgan fingerprint density at radius 3 is 2.10 bits per heavy atom. The van der Waals surface area contributed by atoms with E-state index in [1.165, 1.54) is 11.0 Å². The molecule has 0 aliphatic rings. The molecular weight excluding hydrogens is 562 g/mol. The first-order valence-corrected chi connectivity index (χ1v) is 12.3. The second-order valence-electron chi connectivity index (χ2n) is 8.84. The van der Waals surface area contributed by atoms with E-state index in [0.717, 1.165) is 43.0 Å². The number of methoxy groups -OCH3 is 1. The van der Waals surface area contributed by atoms with E-state index in [0.29, 0.717) is 5.02 Å². The van der Waals surface area contributed by atoms with Gasteiger partial charge in [0, 0.05) is 24.7 Å². The number of alkyl halides is 6. The summed E-state index contributed by atoms with van der Waals surface area (Å²) in [6, 6.07) is 11.6. The molecule has 3 rings (SSSR count). The molecule has 3 aromatic rings. The molecule has 0 atom stereocenters. The molecule has 0 aliphatic carbocycles. The smallest absolute Gasteiger partial charge is 0.416 e. The van der Waals surface area contributed by atoms with Crippen LogP contribution >= 0.6 is 11.6 Å².